The van der Waals surface area contributed by atoms with Crippen LogP contribution < -0.4 is 0 Å². The summed E-state index contributed by atoms with van der Waals surface area (Å²) in [6.45, 7) is 0. The fourth-order valence-electron chi connectivity index (χ4n) is 2.68. The predicted molar refractivity (Wildman–Crippen MR) is 77.9 cm³/mol. The molecule has 1 aliphatic carbocycles. The van der Waals surface area contributed by atoms with Crippen molar-refractivity contribution >= 4 is 17.4 Å². The molecule has 0 N–H and O–H groups in total. The zero-order chi connectivity index (χ0) is 14.1. The molecule has 1 nitrogen and oxygen atoms in total. The quantitative estimate of drug-likeness (QED) is 0.766. The molecule has 1 aliphatic rings. The highest BCUT2D eigenvalue weighted by Gasteiger charge is 2.14. The fraction of sp³-hybridized carbons (Fsp3) is 0.235. The Morgan fingerprint density at radius 1 is 1.10 bits per heavy atom. The summed E-state index contributed by atoms with van der Waals surface area (Å²) in [5.74, 6) is -0.414. The van der Waals surface area contributed by atoms with Gasteiger partial charge in [-0.3, -0.25) is 4.79 Å². The number of rotatable bonds is 3. The zero-order valence-electron chi connectivity index (χ0n) is 11.0. The summed E-state index contributed by atoms with van der Waals surface area (Å²) in [7, 11) is 0. The van der Waals surface area contributed by atoms with Gasteiger partial charge in [-0.25, -0.2) is 4.39 Å². The number of hydrogen-bond acceptors (Lipinski definition) is 1. The molecular formula is C17H14ClFO. The first-order valence-corrected chi connectivity index (χ1v) is 7.10. The van der Waals surface area contributed by atoms with Crippen LogP contribution in [0, 0.1) is 5.82 Å². The lowest BCUT2D eigenvalue weighted by Gasteiger charge is -2.05. The maximum absolute atomic E-state index is 13.1. The molecule has 0 heterocycles. The van der Waals surface area contributed by atoms with E-state index < -0.39 is 5.82 Å². The Labute approximate surface area is 122 Å². The van der Waals surface area contributed by atoms with Crippen LogP contribution in [0.25, 0.3) is 0 Å². The average Bonchev–Trinajstić information content (AvgIpc) is 2.90. The molecule has 0 saturated heterocycles. The van der Waals surface area contributed by atoms with Crippen LogP contribution in [0.1, 0.15) is 33.5 Å². The minimum absolute atomic E-state index is 0.0439. The molecule has 0 fully saturated rings. The molecule has 3 rings (SSSR count). The van der Waals surface area contributed by atoms with Crippen molar-refractivity contribution in [3.8, 4) is 0 Å². The summed E-state index contributed by atoms with van der Waals surface area (Å²) in [5.41, 5.74) is 4.10. The molecule has 0 atom stereocenters. The molecule has 102 valence electrons. The molecule has 2 aromatic carbocycles. The number of Topliss-reactive ketones (excluding diaryl/α,β-unsaturated/α-hetero) is 1. The number of carbonyl (C=O) groups is 1. The van der Waals surface area contributed by atoms with Crippen molar-refractivity contribution in [2.75, 3.05) is 0 Å². The number of benzene rings is 2. The standard InChI is InChI=1S/C17H14ClFO/c18-15-8-11(4-7-16(15)19)9-17(20)14-6-5-12-2-1-3-13(12)10-14/h4-8,10H,1-3,9H2. The first-order chi connectivity index (χ1) is 9.63. The first-order valence-electron chi connectivity index (χ1n) is 6.72. The fourth-order valence-corrected chi connectivity index (χ4v) is 2.89. The van der Waals surface area contributed by atoms with Crippen LogP contribution in [-0.4, -0.2) is 5.78 Å². The molecule has 20 heavy (non-hydrogen) atoms. The Morgan fingerprint density at radius 2 is 1.90 bits per heavy atom. The normalized spacial score (nSPS) is 13.3. The third-order valence-electron chi connectivity index (χ3n) is 3.77. The molecule has 0 unspecified atom stereocenters. The van der Waals surface area contributed by atoms with Gasteiger partial charge in [0, 0.05) is 12.0 Å². The van der Waals surface area contributed by atoms with Crippen LogP contribution in [0.15, 0.2) is 36.4 Å². The van der Waals surface area contributed by atoms with Crippen molar-refractivity contribution in [2.45, 2.75) is 25.7 Å². The van der Waals surface area contributed by atoms with E-state index in [-0.39, 0.29) is 17.2 Å². The SMILES string of the molecule is O=C(Cc1ccc(F)c(Cl)c1)c1ccc2c(c1)CCC2. The van der Waals surface area contributed by atoms with E-state index in [0.29, 0.717) is 0 Å². The van der Waals surface area contributed by atoms with Crippen molar-refractivity contribution in [1.82, 2.24) is 0 Å². The second-order valence-corrected chi connectivity index (χ2v) is 5.59. The van der Waals surface area contributed by atoms with E-state index in [9.17, 15) is 9.18 Å². The van der Waals surface area contributed by atoms with Crippen molar-refractivity contribution < 1.29 is 9.18 Å². The van der Waals surface area contributed by atoms with Crippen molar-refractivity contribution in [1.29, 1.82) is 0 Å². The van der Waals surface area contributed by atoms with Gasteiger partial charge < -0.3 is 0 Å². The molecule has 0 saturated carbocycles. The highest BCUT2D eigenvalue weighted by molar-refractivity contribution is 6.30. The molecule has 0 radical (unpaired) electrons. The van der Waals surface area contributed by atoms with E-state index in [2.05, 4.69) is 0 Å². The molecule has 0 spiro atoms. The van der Waals surface area contributed by atoms with Gasteiger partial charge >= 0.3 is 0 Å². The molecule has 0 aromatic heterocycles. The number of hydrogen-bond donors (Lipinski definition) is 0. The predicted octanol–water partition coefficient (Wildman–Crippen LogP) is 4.39. The van der Waals surface area contributed by atoms with E-state index in [4.69, 9.17) is 11.6 Å². The molecule has 3 heteroatoms. The third-order valence-corrected chi connectivity index (χ3v) is 4.06. The second-order valence-electron chi connectivity index (χ2n) is 5.19. The Balaban J connectivity index is 1.80. The Hall–Kier alpha value is -1.67. The van der Waals surface area contributed by atoms with Crippen molar-refractivity contribution in [3.63, 3.8) is 0 Å². The monoisotopic (exact) mass is 288 g/mol. The lowest BCUT2D eigenvalue weighted by Crippen LogP contribution is -2.04. The largest absolute Gasteiger partial charge is 0.294 e. The van der Waals surface area contributed by atoms with Gasteiger partial charge in [-0.05, 0) is 54.2 Å². The summed E-state index contributed by atoms with van der Waals surface area (Å²) in [5, 5.41) is 0.0595. The number of halogens is 2. The minimum Gasteiger partial charge on any atom is -0.294 e. The van der Waals surface area contributed by atoms with Crippen molar-refractivity contribution in [2.24, 2.45) is 0 Å². The average molecular weight is 289 g/mol. The maximum atomic E-state index is 13.1. The van der Waals surface area contributed by atoms with Gasteiger partial charge in [0.15, 0.2) is 5.78 Å². The van der Waals surface area contributed by atoms with Crippen LogP contribution in [0.4, 0.5) is 4.39 Å². The van der Waals surface area contributed by atoms with Gasteiger partial charge in [0.25, 0.3) is 0 Å². The van der Waals surface area contributed by atoms with Crippen LogP contribution in [0.5, 0.6) is 0 Å². The second kappa shape index (κ2) is 5.37. The Morgan fingerprint density at radius 3 is 2.70 bits per heavy atom. The summed E-state index contributed by atoms with van der Waals surface area (Å²) in [4.78, 5) is 12.3. The summed E-state index contributed by atoms with van der Waals surface area (Å²) in [6, 6.07) is 10.4. The molecular weight excluding hydrogens is 275 g/mol. The van der Waals surface area contributed by atoms with E-state index in [0.717, 1.165) is 24.0 Å². The van der Waals surface area contributed by atoms with Gasteiger partial charge in [0.05, 0.1) is 5.02 Å². The van der Waals surface area contributed by atoms with E-state index >= 15 is 0 Å². The van der Waals surface area contributed by atoms with Crippen molar-refractivity contribution in [3.05, 3.63) is 69.5 Å². The van der Waals surface area contributed by atoms with E-state index in [1.54, 1.807) is 6.07 Å². The van der Waals surface area contributed by atoms with Crippen LogP contribution in [0.2, 0.25) is 5.02 Å². The van der Waals surface area contributed by atoms with Gasteiger partial charge in [-0.1, -0.05) is 29.8 Å². The number of carbonyl (C=O) groups excluding carboxylic acids is 1. The molecule has 2 aromatic rings. The number of aryl methyl sites for hydroxylation is 2. The zero-order valence-corrected chi connectivity index (χ0v) is 11.7. The van der Waals surface area contributed by atoms with Crippen LogP contribution in [-0.2, 0) is 19.3 Å². The van der Waals surface area contributed by atoms with E-state index in [1.807, 2.05) is 18.2 Å². The highest BCUT2D eigenvalue weighted by atomic mass is 35.5. The molecule has 0 amide bonds. The van der Waals surface area contributed by atoms with Gasteiger partial charge in [0.1, 0.15) is 5.82 Å². The Bertz CT molecular complexity index is 679. The summed E-state index contributed by atoms with van der Waals surface area (Å²) in [6.07, 6.45) is 3.58. The topological polar surface area (TPSA) is 17.1 Å². The number of fused-ring (bicyclic) bond motifs is 1. The maximum Gasteiger partial charge on any atom is 0.167 e. The summed E-state index contributed by atoms with van der Waals surface area (Å²) < 4.78 is 13.1. The number of ketones is 1. The lowest BCUT2D eigenvalue weighted by molar-refractivity contribution is 0.0993. The molecule has 0 aliphatic heterocycles. The van der Waals surface area contributed by atoms with Gasteiger partial charge in [-0.2, -0.15) is 0 Å². The lowest BCUT2D eigenvalue weighted by atomic mass is 9.99. The van der Waals surface area contributed by atoms with E-state index in [1.165, 1.54) is 29.7 Å². The summed E-state index contributed by atoms with van der Waals surface area (Å²) >= 11 is 5.73. The smallest absolute Gasteiger partial charge is 0.167 e. The minimum atomic E-state index is -0.458. The highest BCUT2D eigenvalue weighted by Crippen LogP contribution is 2.24. The molecule has 0 bridgehead atoms. The first kappa shape index (κ1) is 13.3. The van der Waals surface area contributed by atoms with Gasteiger partial charge in [-0.15, -0.1) is 0 Å². The van der Waals surface area contributed by atoms with Gasteiger partial charge in [0.2, 0.25) is 0 Å². The Kier molecular flexibility index (Phi) is 3.58. The van der Waals surface area contributed by atoms with Crippen LogP contribution in [0.3, 0.4) is 0 Å². The third kappa shape index (κ3) is 2.61. The van der Waals surface area contributed by atoms with Crippen LogP contribution >= 0.6 is 11.6 Å².